The van der Waals surface area contributed by atoms with Crippen LogP contribution < -0.4 is 5.32 Å². The SMILES string of the molecule is Cc1cccc(CNC2CCN(C(=O)C(C)(C)C)CC2)c1. The fourth-order valence-corrected chi connectivity index (χ4v) is 2.85. The molecule has 3 heteroatoms. The van der Waals surface area contributed by atoms with Gasteiger partial charge in [0.2, 0.25) is 5.91 Å². The van der Waals surface area contributed by atoms with Crippen LogP contribution in [0.5, 0.6) is 0 Å². The summed E-state index contributed by atoms with van der Waals surface area (Å²) >= 11 is 0. The number of piperidine rings is 1. The van der Waals surface area contributed by atoms with Crippen LogP contribution in [0.1, 0.15) is 44.7 Å². The monoisotopic (exact) mass is 288 g/mol. The zero-order valence-corrected chi connectivity index (χ0v) is 13.8. The van der Waals surface area contributed by atoms with Gasteiger partial charge in [0.1, 0.15) is 0 Å². The van der Waals surface area contributed by atoms with Crippen molar-refractivity contribution in [2.45, 2.75) is 53.1 Å². The van der Waals surface area contributed by atoms with Crippen molar-refractivity contribution < 1.29 is 4.79 Å². The molecule has 0 unspecified atom stereocenters. The van der Waals surface area contributed by atoms with E-state index < -0.39 is 0 Å². The summed E-state index contributed by atoms with van der Waals surface area (Å²) in [5.41, 5.74) is 2.38. The third-order valence-corrected chi connectivity index (χ3v) is 4.10. The minimum atomic E-state index is -0.262. The van der Waals surface area contributed by atoms with Crippen LogP contribution in [-0.2, 0) is 11.3 Å². The van der Waals surface area contributed by atoms with E-state index in [9.17, 15) is 4.79 Å². The number of aryl methyl sites for hydroxylation is 1. The summed E-state index contributed by atoms with van der Waals surface area (Å²) in [4.78, 5) is 14.3. The van der Waals surface area contributed by atoms with E-state index in [4.69, 9.17) is 0 Å². The maximum Gasteiger partial charge on any atom is 0.227 e. The number of nitrogens with zero attached hydrogens (tertiary/aromatic N) is 1. The van der Waals surface area contributed by atoms with E-state index in [1.165, 1.54) is 11.1 Å². The van der Waals surface area contributed by atoms with Gasteiger partial charge in [-0.25, -0.2) is 0 Å². The first-order chi connectivity index (χ1) is 9.86. The van der Waals surface area contributed by atoms with E-state index >= 15 is 0 Å². The summed E-state index contributed by atoms with van der Waals surface area (Å²) in [6.45, 7) is 10.8. The van der Waals surface area contributed by atoms with Crippen LogP contribution >= 0.6 is 0 Å². The second-order valence-corrected chi connectivity index (χ2v) is 7.19. The Hall–Kier alpha value is -1.35. The zero-order chi connectivity index (χ0) is 15.5. The predicted molar refractivity (Wildman–Crippen MR) is 87.1 cm³/mol. The summed E-state index contributed by atoms with van der Waals surface area (Å²) in [5, 5.41) is 3.63. The topological polar surface area (TPSA) is 32.3 Å². The Morgan fingerprint density at radius 1 is 1.29 bits per heavy atom. The third-order valence-electron chi connectivity index (χ3n) is 4.10. The second-order valence-electron chi connectivity index (χ2n) is 7.19. The average molecular weight is 288 g/mol. The molecule has 1 aliphatic rings. The minimum absolute atomic E-state index is 0.262. The van der Waals surface area contributed by atoms with Gasteiger partial charge >= 0.3 is 0 Å². The molecule has 0 saturated carbocycles. The van der Waals surface area contributed by atoms with Gasteiger partial charge in [-0.3, -0.25) is 4.79 Å². The Balaban J connectivity index is 1.78. The normalized spacial score (nSPS) is 17.0. The lowest BCUT2D eigenvalue weighted by Gasteiger charge is -2.36. The van der Waals surface area contributed by atoms with E-state index in [0.717, 1.165) is 32.5 Å². The van der Waals surface area contributed by atoms with Crippen molar-refractivity contribution in [2.24, 2.45) is 5.41 Å². The molecule has 0 aromatic heterocycles. The molecule has 21 heavy (non-hydrogen) atoms. The van der Waals surface area contributed by atoms with Gasteiger partial charge in [0, 0.05) is 31.1 Å². The van der Waals surface area contributed by atoms with Crippen LogP contribution in [-0.4, -0.2) is 29.9 Å². The maximum absolute atomic E-state index is 12.2. The number of carbonyl (C=O) groups excluding carboxylic acids is 1. The number of nitrogens with one attached hydrogen (secondary N) is 1. The van der Waals surface area contributed by atoms with Crippen molar-refractivity contribution in [2.75, 3.05) is 13.1 Å². The number of rotatable bonds is 3. The molecule has 0 aliphatic carbocycles. The summed E-state index contributed by atoms with van der Waals surface area (Å²) in [5.74, 6) is 0.277. The van der Waals surface area contributed by atoms with Gasteiger partial charge in [-0.15, -0.1) is 0 Å². The van der Waals surface area contributed by atoms with Gasteiger partial charge in [0.25, 0.3) is 0 Å². The van der Waals surface area contributed by atoms with Gasteiger partial charge in [-0.05, 0) is 25.3 Å². The summed E-state index contributed by atoms with van der Waals surface area (Å²) in [6.07, 6.45) is 2.10. The van der Waals surface area contributed by atoms with E-state index in [1.54, 1.807) is 0 Å². The molecule has 2 rings (SSSR count). The molecular formula is C18H28N2O. The number of likely N-dealkylation sites (tertiary alicyclic amines) is 1. The lowest BCUT2D eigenvalue weighted by molar-refractivity contribution is -0.140. The van der Waals surface area contributed by atoms with Crippen LogP contribution in [0.2, 0.25) is 0 Å². The largest absolute Gasteiger partial charge is 0.342 e. The van der Waals surface area contributed by atoms with Crippen molar-refractivity contribution in [3.63, 3.8) is 0 Å². The van der Waals surface area contributed by atoms with Gasteiger partial charge in [0.05, 0.1) is 0 Å². The molecule has 1 heterocycles. The fourth-order valence-electron chi connectivity index (χ4n) is 2.85. The molecule has 1 fully saturated rings. The molecule has 0 bridgehead atoms. The predicted octanol–water partition coefficient (Wildman–Crippen LogP) is 3.12. The molecule has 116 valence electrons. The van der Waals surface area contributed by atoms with Crippen molar-refractivity contribution in [1.82, 2.24) is 10.2 Å². The molecule has 1 N–H and O–H groups in total. The molecule has 1 aliphatic heterocycles. The third kappa shape index (κ3) is 4.57. The van der Waals surface area contributed by atoms with Crippen molar-refractivity contribution in [3.8, 4) is 0 Å². The molecule has 0 radical (unpaired) electrons. The molecule has 1 amide bonds. The van der Waals surface area contributed by atoms with Crippen LogP contribution in [0.3, 0.4) is 0 Å². The first kappa shape index (κ1) is 16.0. The molecule has 0 atom stereocenters. The highest BCUT2D eigenvalue weighted by atomic mass is 16.2. The second kappa shape index (κ2) is 6.61. The number of benzene rings is 1. The Morgan fingerprint density at radius 3 is 2.52 bits per heavy atom. The highest BCUT2D eigenvalue weighted by Gasteiger charge is 2.30. The van der Waals surface area contributed by atoms with Crippen molar-refractivity contribution >= 4 is 5.91 Å². The van der Waals surface area contributed by atoms with E-state index in [0.29, 0.717) is 6.04 Å². The van der Waals surface area contributed by atoms with Gasteiger partial charge in [-0.1, -0.05) is 50.6 Å². The maximum atomic E-state index is 12.2. The van der Waals surface area contributed by atoms with Crippen LogP contribution in [0, 0.1) is 12.3 Å². The van der Waals surface area contributed by atoms with Crippen LogP contribution in [0.25, 0.3) is 0 Å². The van der Waals surface area contributed by atoms with E-state index in [-0.39, 0.29) is 11.3 Å². The summed E-state index contributed by atoms with van der Waals surface area (Å²) in [6, 6.07) is 9.15. The number of hydrogen-bond acceptors (Lipinski definition) is 2. The van der Waals surface area contributed by atoms with Gasteiger partial charge in [0.15, 0.2) is 0 Å². The molecule has 1 saturated heterocycles. The molecule has 1 aromatic carbocycles. The number of amides is 1. The number of carbonyl (C=O) groups is 1. The summed E-state index contributed by atoms with van der Waals surface area (Å²) in [7, 11) is 0. The van der Waals surface area contributed by atoms with Crippen molar-refractivity contribution in [1.29, 1.82) is 0 Å². The van der Waals surface area contributed by atoms with Crippen LogP contribution in [0.15, 0.2) is 24.3 Å². The number of hydrogen-bond donors (Lipinski definition) is 1. The Bertz CT molecular complexity index is 482. The zero-order valence-electron chi connectivity index (χ0n) is 13.8. The Labute approximate surface area is 128 Å². The smallest absolute Gasteiger partial charge is 0.227 e. The Morgan fingerprint density at radius 2 is 1.95 bits per heavy atom. The average Bonchev–Trinajstić information content (AvgIpc) is 2.44. The minimum Gasteiger partial charge on any atom is -0.342 e. The quantitative estimate of drug-likeness (QED) is 0.927. The molecule has 1 aromatic rings. The highest BCUT2D eigenvalue weighted by Crippen LogP contribution is 2.21. The molecule has 3 nitrogen and oxygen atoms in total. The first-order valence-electron chi connectivity index (χ1n) is 7.94. The molecule has 0 spiro atoms. The van der Waals surface area contributed by atoms with Gasteiger partial charge in [-0.2, -0.15) is 0 Å². The standard InChI is InChI=1S/C18H28N2O/c1-14-6-5-7-15(12-14)13-19-16-8-10-20(11-9-16)17(21)18(2,3)4/h5-7,12,16,19H,8-11,13H2,1-4H3. The van der Waals surface area contributed by atoms with E-state index in [2.05, 4.69) is 36.5 Å². The lowest BCUT2D eigenvalue weighted by Crippen LogP contribution is -2.48. The lowest BCUT2D eigenvalue weighted by atomic mass is 9.93. The van der Waals surface area contributed by atoms with Crippen LogP contribution in [0.4, 0.5) is 0 Å². The first-order valence-corrected chi connectivity index (χ1v) is 7.94. The van der Waals surface area contributed by atoms with Crippen molar-refractivity contribution in [3.05, 3.63) is 35.4 Å². The molecular weight excluding hydrogens is 260 g/mol. The van der Waals surface area contributed by atoms with Gasteiger partial charge < -0.3 is 10.2 Å². The highest BCUT2D eigenvalue weighted by molar-refractivity contribution is 5.81. The fraction of sp³-hybridized carbons (Fsp3) is 0.611. The summed E-state index contributed by atoms with van der Waals surface area (Å²) < 4.78 is 0. The Kier molecular flexibility index (Phi) is 5.04. The van der Waals surface area contributed by atoms with E-state index in [1.807, 2.05) is 25.7 Å².